The summed E-state index contributed by atoms with van der Waals surface area (Å²) in [6.07, 6.45) is 6.72. The van der Waals surface area contributed by atoms with E-state index in [9.17, 15) is 28.8 Å². The molecule has 1 fully saturated rings. The number of aromatic nitrogens is 4. The number of pyridine rings is 1. The summed E-state index contributed by atoms with van der Waals surface area (Å²) >= 11 is 0. The van der Waals surface area contributed by atoms with Crippen molar-refractivity contribution in [3.05, 3.63) is 90.0 Å². The zero-order valence-electron chi connectivity index (χ0n) is 55.0. The molecule has 1 saturated heterocycles. The number of fused-ring (bicyclic) bond motifs is 2. The Kier molecular flexibility index (Phi) is 31.1. The van der Waals surface area contributed by atoms with Gasteiger partial charge in [-0.15, -0.1) is 9.36 Å². The summed E-state index contributed by atoms with van der Waals surface area (Å²) in [6, 6.07) is 16.4. The van der Waals surface area contributed by atoms with Crippen molar-refractivity contribution < 1.29 is 104 Å². The number of hydrogen-bond acceptors (Lipinski definition) is 21. The number of para-hydroxylation sites is 2. The lowest BCUT2D eigenvalue weighted by Gasteiger charge is -2.41. The summed E-state index contributed by atoms with van der Waals surface area (Å²) in [6.45, 7) is 16.3. The number of carbonyl (C=O) groups is 6. The van der Waals surface area contributed by atoms with E-state index in [0.29, 0.717) is 114 Å². The highest BCUT2D eigenvalue weighted by molar-refractivity contribution is 5.93. The van der Waals surface area contributed by atoms with Crippen molar-refractivity contribution in [2.75, 3.05) is 106 Å². The van der Waals surface area contributed by atoms with Crippen LogP contribution in [0.25, 0.3) is 0 Å². The normalized spacial score (nSPS) is 18.9. The van der Waals surface area contributed by atoms with Crippen molar-refractivity contribution in [2.24, 2.45) is 7.05 Å². The van der Waals surface area contributed by atoms with Crippen LogP contribution in [0.3, 0.4) is 0 Å². The molecular formula is C66H96N6O20+2. The fourth-order valence-corrected chi connectivity index (χ4v) is 10.1. The molecule has 6 rings (SSSR count). The first kappa shape index (κ1) is 73.4. The molecule has 92 heavy (non-hydrogen) atoms. The van der Waals surface area contributed by atoms with E-state index in [1.54, 1.807) is 41.4 Å². The smallest absolute Gasteiger partial charge is 0.410 e. The van der Waals surface area contributed by atoms with Crippen molar-refractivity contribution in [1.29, 1.82) is 0 Å². The number of aryl methyl sites for hydroxylation is 3. The molecule has 26 nitrogen and oxygen atoms in total. The zero-order chi connectivity index (χ0) is 66.3. The van der Waals surface area contributed by atoms with Gasteiger partial charge >= 0.3 is 36.2 Å². The van der Waals surface area contributed by atoms with Crippen LogP contribution in [0.5, 0.6) is 23.0 Å². The maximum absolute atomic E-state index is 13.7. The third-order valence-corrected chi connectivity index (χ3v) is 14.5. The third-order valence-electron chi connectivity index (χ3n) is 14.5. The summed E-state index contributed by atoms with van der Waals surface area (Å²) in [5, 5.41) is 4.72. The lowest BCUT2D eigenvalue weighted by Crippen LogP contribution is -2.65. The lowest BCUT2D eigenvalue weighted by molar-refractivity contribution is -0.777. The van der Waals surface area contributed by atoms with E-state index in [1.165, 1.54) is 18.4 Å². The van der Waals surface area contributed by atoms with Gasteiger partial charge in [0.05, 0.1) is 63.6 Å². The Morgan fingerprint density at radius 3 is 1.67 bits per heavy atom. The van der Waals surface area contributed by atoms with E-state index in [0.717, 1.165) is 89.4 Å². The van der Waals surface area contributed by atoms with Gasteiger partial charge in [0, 0.05) is 72.9 Å². The average Bonchev–Trinajstić information content (AvgIpc) is 0.906. The van der Waals surface area contributed by atoms with Gasteiger partial charge in [-0.1, -0.05) is 37.5 Å². The van der Waals surface area contributed by atoms with E-state index in [-0.39, 0.29) is 25.7 Å². The van der Waals surface area contributed by atoms with Crippen LogP contribution in [0, 0.1) is 0 Å². The minimum absolute atomic E-state index is 0.206. The van der Waals surface area contributed by atoms with Crippen LogP contribution in [0.2, 0.25) is 0 Å². The molecule has 2 aromatic carbocycles. The standard InChI is InChI=1S/C66H96N6O20/c1-48(73)87-47-59-60(88-49(2)74)61(89-50(3)75)62(90-51(4)76)64(91-59)70-30-25-53(26-31-70)63(77)68(8)27-17-12-13-19-29-72-46-54(69(9)67-72)20-14-10-11-18-28-71(65(78)92-66(5,6)7)45-52-23-24-57-58(44-52)86-43-39-82-35-34-80-37-41-84-56-22-16-15-21-55(56)83-40-36-79-32-33-81-38-42-85-57/h15-16,21-26,30-31,44,46,59-62,64H,10-14,17-20,27-29,32-43,45,47H2,1-9H3/q+2/t59-,60-,61+,62+,64+/m1/s1. The first-order valence-corrected chi connectivity index (χ1v) is 31.8. The Labute approximate surface area is 539 Å². The molecule has 0 spiro atoms. The molecule has 0 N–H and O–H groups in total. The van der Waals surface area contributed by atoms with Crippen molar-refractivity contribution in [1.82, 2.24) is 19.7 Å². The Morgan fingerprint density at radius 1 is 0.598 bits per heavy atom. The minimum atomic E-state index is -1.33. The summed E-state index contributed by atoms with van der Waals surface area (Å²) in [5.74, 6) is -0.663. The van der Waals surface area contributed by atoms with Crippen LogP contribution in [0.15, 0.2) is 73.2 Å². The van der Waals surface area contributed by atoms with Gasteiger partial charge in [-0.25, -0.2) is 4.79 Å². The molecule has 4 aromatic rings. The highest BCUT2D eigenvalue weighted by Gasteiger charge is 2.56. The molecule has 4 heterocycles. The fraction of sp³-hybridized carbons (Fsp3) is 0.621. The van der Waals surface area contributed by atoms with Crippen LogP contribution in [0.4, 0.5) is 4.79 Å². The number of esters is 4. The maximum Gasteiger partial charge on any atom is 0.410 e. The number of amides is 2. The molecule has 2 aliphatic heterocycles. The predicted octanol–water partition coefficient (Wildman–Crippen LogP) is 6.42. The molecule has 2 aromatic heterocycles. The molecule has 26 heteroatoms. The van der Waals surface area contributed by atoms with Gasteiger partial charge in [0.1, 0.15) is 58.3 Å². The van der Waals surface area contributed by atoms with E-state index >= 15 is 0 Å². The Bertz CT molecular complexity index is 2920. The molecule has 508 valence electrons. The topological polar surface area (TPSA) is 264 Å². The van der Waals surface area contributed by atoms with Crippen LogP contribution in [0.1, 0.15) is 128 Å². The minimum Gasteiger partial charge on any atom is -0.487 e. The van der Waals surface area contributed by atoms with Gasteiger partial charge in [-0.2, -0.15) is 4.57 Å². The van der Waals surface area contributed by atoms with E-state index in [2.05, 4.69) is 6.20 Å². The highest BCUT2D eigenvalue weighted by atomic mass is 16.7. The number of nitrogens with zero attached hydrogens (tertiary/aromatic N) is 6. The second-order valence-corrected chi connectivity index (χ2v) is 23.3. The van der Waals surface area contributed by atoms with Crippen molar-refractivity contribution in [2.45, 2.75) is 156 Å². The molecule has 0 aliphatic carbocycles. The summed E-state index contributed by atoms with van der Waals surface area (Å²) < 4.78 is 86.6. The summed E-state index contributed by atoms with van der Waals surface area (Å²) in [7, 11) is 3.71. The number of benzene rings is 2. The van der Waals surface area contributed by atoms with Crippen molar-refractivity contribution in [3.8, 4) is 23.0 Å². The quantitative estimate of drug-likeness (QED) is 0.0336. The second-order valence-electron chi connectivity index (χ2n) is 23.3. The largest absolute Gasteiger partial charge is 0.487 e. The van der Waals surface area contributed by atoms with Gasteiger partial charge in [0.15, 0.2) is 59.5 Å². The first-order valence-electron chi connectivity index (χ1n) is 31.8. The Balaban J connectivity index is 0.920. The molecule has 0 saturated carbocycles. The average molecular weight is 1290 g/mol. The lowest BCUT2D eigenvalue weighted by atomic mass is 9.97. The SMILES string of the molecule is CC(=O)OC[C@H]1O[C@H]([n+]2ccc(C(=O)N(C)CCCCCC[n+]3cc(CCCCCCN(Cc4ccc5c(c4)OCCOCCOCCOc4ccccc4OCCOCCOCCO5)C(=O)OC(C)(C)C)n(C)n3)cc2)[C@@H](OC(C)=O)[C@@H](OC(C)=O)[C@@H]1OC(C)=O. The van der Waals surface area contributed by atoms with Crippen LogP contribution in [-0.2, 0) is 93.1 Å². The fourth-order valence-electron chi connectivity index (χ4n) is 10.1. The maximum atomic E-state index is 13.7. The van der Waals surface area contributed by atoms with Crippen molar-refractivity contribution >= 4 is 35.9 Å². The van der Waals surface area contributed by atoms with Crippen molar-refractivity contribution in [3.63, 3.8) is 0 Å². The number of unbranched alkanes of at least 4 members (excludes halogenated alkanes) is 6. The molecule has 5 atom stereocenters. The van der Waals surface area contributed by atoms with Crippen LogP contribution >= 0.6 is 0 Å². The number of ether oxygens (including phenoxy) is 14. The molecule has 2 amide bonds. The number of rotatable bonds is 23. The van der Waals surface area contributed by atoms with E-state index < -0.39 is 66.2 Å². The monoisotopic (exact) mass is 1290 g/mol. The van der Waals surface area contributed by atoms with Gasteiger partial charge in [-0.3, -0.25) is 24.0 Å². The molecule has 0 radical (unpaired) electrons. The van der Waals surface area contributed by atoms with Crippen LogP contribution in [-0.4, -0.2) is 192 Å². The second kappa shape index (κ2) is 39.0. The summed E-state index contributed by atoms with van der Waals surface area (Å²) in [5.41, 5.74) is 1.71. The van der Waals surface area contributed by atoms with Gasteiger partial charge in [0.2, 0.25) is 6.10 Å². The molecular weight excluding hydrogens is 1200 g/mol. The highest BCUT2D eigenvalue weighted by Crippen LogP contribution is 2.33. The van der Waals surface area contributed by atoms with E-state index in [4.69, 9.17) is 71.5 Å². The van der Waals surface area contributed by atoms with Crippen LogP contribution < -0.4 is 28.2 Å². The molecule has 0 unspecified atom stereocenters. The number of hydrogen-bond donors (Lipinski definition) is 0. The first-order chi connectivity index (χ1) is 44.2. The zero-order valence-corrected chi connectivity index (χ0v) is 55.0. The third kappa shape index (κ3) is 26.2. The Hall–Kier alpha value is -7.65. The van der Waals surface area contributed by atoms with Gasteiger partial charge < -0.3 is 76.1 Å². The van der Waals surface area contributed by atoms with E-state index in [1.807, 2.05) is 79.6 Å². The molecule has 0 bridgehead atoms. The Morgan fingerprint density at radius 2 is 1.11 bits per heavy atom. The summed E-state index contributed by atoms with van der Waals surface area (Å²) in [4.78, 5) is 79.2. The molecule has 2 aliphatic rings. The number of carbonyl (C=O) groups excluding carboxylic acids is 6. The van der Waals surface area contributed by atoms with Gasteiger partial charge in [-0.05, 0) is 82.7 Å². The van der Waals surface area contributed by atoms with Gasteiger partial charge in [0.25, 0.3) is 5.91 Å². The predicted molar refractivity (Wildman–Crippen MR) is 330 cm³/mol.